The summed E-state index contributed by atoms with van der Waals surface area (Å²) in [5.41, 5.74) is 0. The van der Waals surface area contributed by atoms with E-state index in [1.807, 2.05) is 0 Å². The molecule has 0 aromatic rings. The molecule has 0 aliphatic rings. The molecule has 0 aliphatic heterocycles. The van der Waals surface area contributed by atoms with E-state index in [2.05, 4.69) is 30.1 Å². The third-order valence-electron chi connectivity index (χ3n) is 2.20. The molecule has 0 saturated carbocycles. The van der Waals surface area contributed by atoms with E-state index in [-0.39, 0.29) is 12.4 Å². The van der Waals surface area contributed by atoms with Gasteiger partial charge in [-0.05, 0) is 0 Å². The first kappa shape index (κ1) is 15.3. The van der Waals surface area contributed by atoms with E-state index in [0.29, 0.717) is 0 Å². The number of halogens is 1. The molecule has 0 nitrogen and oxygen atoms in total. The largest absolute Gasteiger partial charge is 0.147 e. The van der Waals surface area contributed by atoms with Gasteiger partial charge in [-0.25, -0.2) is 0 Å². The van der Waals surface area contributed by atoms with Gasteiger partial charge in [-0.3, -0.25) is 0 Å². The van der Waals surface area contributed by atoms with Crippen LogP contribution in [-0.4, -0.2) is 16.3 Å². The van der Waals surface area contributed by atoms with Gasteiger partial charge in [0.1, 0.15) is 16.3 Å². The summed E-state index contributed by atoms with van der Waals surface area (Å²) in [7, 11) is 0. The molecule has 0 spiro atoms. The van der Waals surface area contributed by atoms with Gasteiger partial charge in [0.2, 0.25) is 0 Å². The summed E-state index contributed by atoms with van der Waals surface area (Å²) in [6, 6.07) is 0. The molecule has 2 heteroatoms. The Bertz CT molecular complexity index is 76.2. The van der Waals surface area contributed by atoms with Crippen molar-refractivity contribution in [2.24, 2.45) is 0 Å². The van der Waals surface area contributed by atoms with Crippen LogP contribution in [0.3, 0.4) is 0 Å². The Hall–Kier alpha value is 0.822. The average Bonchev–Trinajstić information content (AvgIpc) is 2.04. The Balaban J connectivity index is 0. The molecule has 0 N–H and O–H groups in total. The Kier molecular flexibility index (Phi) is 15.1. The van der Waals surface area contributed by atoms with Crippen molar-refractivity contribution in [3.8, 4) is 0 Å². The van der Waals surface area contributed by atoms with Gasteiger partial charge < -0.3 is 0 Å². The third kappa shape index (κ3) is 10.8. The van der Waals surface area contributed by atoms with Crippen LogP contribution in [0.25, 0.3) is 0 Å². The molecule has 0 aromatic carbocycles. The van der Waals surface area contributed by atoms with Gasteiger partial charge >= 0.3 is 0 Å². The van der Waals surface area contributed by atoms with Gasteiger partial charge in [0.25, 0.3) is 0 Å². The fraction of sp³-hybridized carbons (Fsp3) is 1.00. The number of unbranched alkanes of at least 4 members (excludes halogenated alkanes) is 4. The van der Waals surface area contributed by atoms with Crippen LogP contribution >= 0.6 is 12.4 Å². The highest BCUT2D eigenvalue weighted by atomic mass is 35.5. The summed E-state index contributed by atoms with van der Waals surface area (Å²) < 4.78 is 0.872. The molecule has 0 fully saturated rings. The number of rotatable bonds is 7. The predicted octanol–water partition coefficient (Wildman–Crippen LogP) is 4.14. The molecular formula is C10H22AlCl. The lowest BCUT2D eigenvalue weighted by Gasteiger charge is -2.07. The molecule has 2 radical (unpaired) electrons. The van der Waals surface area contributed by atoms with E-state index < -0.39 is 0 Å². The monoisotopic (exact) mass is 204 g/mol. The van der Waals surface area contributed by atoms with Gasteiger partial charge in [0, 0.05) is 0 Å². The van der Waals surface area contributed by atoms with E-state index in [9.17, 15) is 0 Å². The second-order valence-corrected chi connectivity index (χ2v) is 4.31. The number of hydrogen-bond donors (Lipinski definition) is 0. The van der Waals surface area contributed by atoms with Crippen LogP contribution in [0, 0.1) is 0 Å². The highest BCUT2D eigenvalue weighted by Crippen LogP contribution is 2.15. The molecule has 0 bridgehead atoms. The Morgan fingerprint density at radius 3 is 2.08 bits per heavy atom. The third-order valence-corrected chi connectivity index (χ3v) is 3.01. The maximum Gasteiger partial charge on any atom is 0.123 e. The first-order valence-corrected chi connectivity index (χ1v) is 5.73. The normalized spacial score (nSPS) is 12.2. The summed E-state index contributed by atoms with van der Waals surface area (Å²) >= 11 is 2.93. The van der Waals surface area contributed by atoms with Crippen LogP contribution in [0.4, 0.5) is 0 Å². The molecule has 1 unspecified atom stereocenters. The van der Waals surface area contributed by atoms with Gasteiger partial charge in [-0.1, -0.05) is 58.8 Å². The standard InChI is InChI=1S/C10H21.Al.ClH/c1-3-5-7-9-10-8-6-4-2;;/h5H,3-4,6-10H2,1-2H3;;1H. The summed E-state index contributed by atoms with van der Waals surface area (Å²) in [5.74, 6) is 0. The molecule has 1 atom stereocenters. The van der Waals surface area contributed by atoms with Crippen molar-refractivity contribution in [2.75, 3.05) is 0 Å². The van der Waals surface area contributed by atoms with Crippen molar-refractivity contribution in [1.82, 2.24) is 0 Å². The summed E-state index contributed by atoms with van der Waals surface area (Å²) in [5, 5.41) is 0. The molecular weight excluding hydrogens is 183 g/mol. The number of hydrogen-bond acceptors (Lipinski definition) is 0. The van der Waals surface area contributed by atoms with E-state index in [4.69, 9.17) is 0 Å². The van der Waals surface area contributed by atoms with Crippen LogP contribution < -0.4 is 0 Å². The Morgan fingerprint density at radius 1 is 1.00 bits per heavy atom. The SMILES string of the molecule is CCCCCCC[CH]([Al])CC.Cl. The lowest BCUT2D eigenvalue weighted by molar-refractivity contribution is 0.585. The van der Waals surface area contributed by atoms with Crippen molar-refractivity contribution >= 4 is 28.7 Å². The molecule has 0 amide bonds. The van der Waals surface area contributed by atoms with Crippen LogP contribution in [0.2, 0.25) is 4.78 Å². The smallest absolute Gasteiger partial charge is 0.123 e. The van der Waals surface area contributed by atoms with Crippen molar-refractivity contribution in [3.05, 3.63) is 0 Å². The molecule has 0 aliphatic carbocycles. The maximum absolute atomic E-state index is 2.93. The predicted molar refractivity (Wildman–Crippen MR) is 60.4 cm³/mol. The van der Waals surface area contributed by atoms with Crippen LogP contribution in [0.5, 0.6) is 0 Å². The van der Waals surface area contributed by atoms with Gasteiger partial charge in [0.15, 0.2) is 0 Å². The minimum atomic E-state index is 0. The van der Waals surface area contributed by atoms with E-state index in [1.165, 1.54) is 44.9 Å². The van der Waals surface area contributed by atoms with Gasteiger partial charge in [-0.2, -0.15) is 0 Å². The van der Waals surface area contributed by atoms with Crippen molar-refractivity contribution in [3.63, 3.8) is 0 Å². The Labute approximate surface area is 92.3 Å². The first-order valence-electron chi connectivity index (χ1n) is 5.06. The van der Waals surface area contributed by atoms with Gasteiger partial charge in [0.05, 0.1) is 0 Å². The highest BCUT2D eigenvalue weighted by molar-refractivity contribution is 6.11. The van der Waals surface area contributed by atoms with Crippen LogP contribution in [-0.2, 0) is 0 Å². The summed E-state index contributed by atoms with van der Waals surface area (Å²) in [4.78, 5) is 0. The van der Waals surface area contributed by atoms with Crippen LogP contribution in [0.1, 0.15) is 58.8 Å². The minimum absolute atomic E-state index is 0. The maximum atomic E-state index is 2.93. The van der Waals surface area contributed by atoms with Crippen molar-refractivity contribution in [1.29, 1.82) is 0 Å². The van der Waals surface area contributed by atoms with E-state index >= 15 is 0 Å². The van der Waals surface area contributed by atoms with Gasteiger partial charge in [-0.15, -0.1) is 17.2 Å². The van der Waals surface area contributed by atoms with E-state index in [0.717, 1.165) is 4.78 Å². The lowest BCUT2D eigenvalue weighted by Crippen LogP contribution is -1.89. The first-order chi connectivity index (χ1) is 5.31. The van der Waals surface area contributed by atoms with E-state index in [1.54, 1.807) is 0 Å². The lowest BCUT2D eigenvalue weighted by atomic mass is 10.1. The fourth-order valence-corrected chi connectivity index (χ4v) is 1.45. The highest BCUT2D eigenvalue weighted by Gasteiger charge is 1.96. The van der Waals surface area contributed by atoms with Crippen molar-refractivity contribution in [2.45, 2.75) is 63.6 Å². The molecule has 72 valence electrons. The summed E-state index contributed by atoms with van der Waals surface area (Å²) in [6.45, 7) is 4.54. The van der Waals surface area contributed by atoms with Crippen LogP contribution in [0.15, 0.2) is 0 Å². The molecule has 0 aromatic heterocycles. The zero-order chi connectivity index (χ0) is 8.53. The topological polar surface area (TPSA) is 0 Å². The zero-order valence-electron chi connectivity index (χ0n) is 8.51. The molecule has 0 heterocycles. The second-order valence-electron chi connectivity index (χ2n) is 3.37. The fourth-order valence-electron chi connectivity index (χ4n) is 1.21. The molecule has 0 saturated heterocycles. The van der Waals surface area contributed by atoms with Crippen molar-refractivity contribution < 1.29 is 0 Å². The minimum Gasteiger partial charge on any atom is -0.147 e. The molecule has 0 rings (SSSR count). The molecule has 12 heavy (non-hydrogen) atoms. The summed E-state index contributed by atoms with van der Waals surface area (Å²) in [6.07, 6.45) is 9.83. The Morgan fingerprint density at radius 2 is 1.58 bits per heavy atom. The zero-order valence-corrected chi connectivity index (χ0v) is 10.5. The second kappa shape index (κ2) is 11.8. The average molecular weight is 205 g/mol. The quantitative estimate of drug-likeness (QED) is 0.432.